The zero-order valence-corrected chi connectivity index (χ0v) is 14.9. The second kappa shape index (κ2) is 7.90. The van der Waals surface area contributed by atoms with E-state index in [1.807, 2.05) is 4.90 Å². The molecule has 1 aliphatic rings. The van der Waals surface area contributed by atoms with Crippen LogP contribution in [0, 0.1) is 0 Å². The van der Waals surface area contributed by atoms with Crippen LogP contribution in [-0.2, 0) is 16.6 Å². The third kappa shape index (κ3) is 5.03. The Hall–Kier alpha value is -1.43. The lowest BCUT2D eigenvalue weighted by Gasteiger charge is -2.28. The molecule has 1 aliphatic heterocycles. The van der Waals surface area contributed by atoms with Crippen LogP contribution in [0.1, 0.15) is 65.1 Å². The molecule has 2 heterocycles. The maximum absolute atomic E-state index is 12.5. The van der Waals surface area contributed by atoms with Crippen molar-refractivity contribution in [1.82, 2.24) is 20.4 Å². The molecule has 0 radical (unpaired) electrons. The van der Waals surface area contributed by atoms with Crippen molar-refractivity contribution >= 4 is 5.91 Å². The molecule has 130 valence electrons. The van der Waals surface area contributed by atoms with Gasteiger partial charge in [0.15, 0.2) is 5.82 Å². The van der Waals surface area contributed by atoms with E-state index in [-0.39, 0.29) is 11.3 Å². The monoisotopic (exact) mass is 322 g/mol. The second-order valence-electron chi connectivity index (χ2n) is 7.35. The van der Waals surface area contributed by atoms with Crippen molar-refractivity contribution in [2.45, 2.75) is 71.3 Å². The number of aromatic nitrogens is 2. The van der Waals surface area contributed by atoms with Crippen molar-refractivity contribution in [3.63, 3.8) is 0 Å². The highest BCUT2D eigenvalue weighted by atomic mass is 16.5. The van der Waals surface area contributed by atoms with E-state index in [0.717, 1.165) is 44.7 Å². The van der Waals surface area contributed by atoms with E-state index in [2.05, 4.69) is 43.2 Å². The number of rotatable bonds is 7. The van der Waals surface area contributed by atoms with Crippen molar-refractivity contribution < 1.29 is 9.32 Å². The molecule has 0 aliphatic carbocycles. The first-order valence-corrected chi connectivity index (χ1v) is 8.75. The Morgan fingerprint density at radius 2 is 2.22 bits per heavy atom. The van der Waals surface area contributed by atoms with Crippen LogP contribution in [0.3, 0.4) is 0 Å². The van der Waals surface area contributed by atoms with Gasteiger partial charge in [0.05, 0.1) is 0 Å². The summed E-state index contributed by atoms with van der Waals surface area (Å²) < 4.78 is 5.28. The van der Waals surface area contributed by atoms with Crippen molar-refractivity contribution in [3.05, 3.63) is 11.7 Å². The first-order valence-electron chi connectivity index (χ1n) is 8.75. The smallest absolute Gasteiger partial charge is 0.226 e. The standard InChI is InChI=1S/C17H30N4O2/c1-5-11-21(13-9-10-18-12-13)15(22)8-6-7-14-19-16(20-23-14)17(2,3)4/h13,18H,5-12H2,1-4H3. The fourth-order valence-corrected chi connectivity index (χ4v) is 2.85. The minimum absolute atomic E-state index is 0.106. The normalized spacial score (nSPS) is 18.3. The fraction of sp³-hybridized carbons (Fsp3) is 0.824. The Kier molecular flexibility index (Phi) is 6.16. The summed E-state index contributed by atoms with van der Waals surface area (Å²) >= 11 is 0. The molecule has 23 heavy (non-hydrogen) atoms. The van der Waals surface area contributed by atoms with E-state index >= 15 is 0 Å². The molecule has 2 rings (SSSR count). The predicted octanol–water partition coefficient (Wildman–Crippen LogP) is 2.29. The van der Waals surface area contributed by atoms with Gasteiger partial charge >= 0.3 is 0 Å². The van der Waals surface area contributed by atoms with E-state index in [1.54, 1.807) is 0 Å². The Balaban J connectivity index is 1.82. The second-order valence-corrected chi connectivity index (χ2v) is 7.35. The van der Waals surface area contributed by atoms with Crippen LogP contribution in [0.5, 0.6) is 0 Å². The Morgan fingerprint density at radius 3 is 2.78 bits per heavy atom. The van der Waals surface area contributed by atoms with Crippen LogP contribution in [0.4, 0.5) is 0 Å². The maximum atomic E-state index is 12.5. The van der Waals surface area contributed by atoms with Gasteiger partial charge in [-0.2, -0.15) is 4.98 Å². The van der Waals surface area contributed by atoms with Crippen LogP contribution in [0.25, 0.3) is 0 Å². The molecule has 1 saturated heterocycles. The lowest BCUT2D eigenvalue weighted by molar-refractivity contribution is -0.133. The quantitative estimate of drug-likeness (QED) is 0.834. The minimum atomic E-state index is -0.106. The van der Waals surface area contributed by atoms with Gasteiger partial charge in [-0.15, -0.1) is 0 Å². The van der Waals surface area contributed by atoms with Gasteiger partial charge in [0.2, 0.25) is 11.8 Å². The Labute approximate surface area is 139 Å². The number of amides is 1. The number of aryl methyl sites for hydroxylation is 1. The summed E-state index contributed by atoms with van der Waals surface area (Å²) in [5, 5.41) is 7.36. The number of nitrogens with zero attached hydrogens (tertiary/aromatic N) is 3. The van der Waals surface area contributed by atoms with E-state index in [4.69, 9.17) is 4.52 Å². The van der Waals surface area contributed by atoms with Crippen LogP contribution in [0.2, 0.25) is 0 Å². The van der Waals surface area contributed by atoms with Gasteiger partial charge in [-0.05, 0) is 25.8 Å². The van der Waals surface area contributed by atoms with E-state index < -0.39 is 0 Å². The van der Waals surface area contributed by atoms with Gasteiger partial charge in [0.25, 0.3) is 0 Å². The number of carbonyl (C=O) groups excluding carboxylic acids is 1. The predicted molar refractivity (Wildman–Crippen MR) is 89.2 cm³/mol. The highest BCUT2D eigenvalue weighted by Gasteiger charge is 2.25. The van der Waals surface area contributed by atoms with Crippen LogP contribution in [-0.4, -0.2) is 46.6 Å². The van der Waals surface area contributed by atoms with Gasteiger partial charge in [0.1, 0.15) is 0 Å². The van der Waals surface area contributed by atoms with E-state index in [9.17, 15) is 4.79 Å². The lowest BCUT2D eigenvalue weighted by atomic mass is 9.96. The molecule has 1 amide bonds. The van der Waals surface area contributed by atoms with E-state index in [1.165, 1.54) is 0 Å². The first-order chi connectivity index (χ1) is 10.9. The van der Waals surface area contributed by atoms with Gasteiger partial charge in [-0.1, -0.05) is 32.9 Å². The van der Waals surface area contributed by atoms with Gasteiger partial charge in [0, 0.05) is 37.4 Å². The average molecular weight is 322 g/mol. The Bertz CT molecular complexity index is 501. The average Bonchev–Trinajstić information content (AvgIpc) is 3.15. The molecule has 0 spiro atoms. The summed E-state index contributed by atoms with van der Waals surface area (Å²) in [5.41, 5.74) is -0.106. The Morgan fingerprint density at radius 1 is 1.43 bits per heavy atom. The molecule has 1 aromatic heterocycles. The summed E-state index contributed by atoms with van der Waals surface area (Å²) in [6, 6.07) is 0.360. The van der Waals surface area contributed by atoms with Gasteiger partial charge in [-0.3, -0.25) is 4.79 Å². The molecule has 1 aromatic rings. The lowest BCUT2D eigenvalue weighted by Crippen LogP contribution is -2.42. The molecule has 0 bridgehead atoms. The summed E-state index contributed by atoms with van der Waals surface area (Å²) in [4.78, 5) is 19.0. The number of nitrogens with one attached hydrogen (secondary N) is 1. The SMILES string of the molecule is CCCN(C(=O)CCCc1nc(C(C)(C)C)no1)C1CCNC1. The highest BCUT2D eigenvalue weighted by molar-refractivity contribution is 5.76. The molecule has 1 N–H and O–H groups in total. The molecule has 1 unspecified atom stereocenters. The van der Waals surface area contributed by atoms with Crippen molar-refractivity contribution in [3.8, 4) is 0 Å². The van der Waals surface area contributed by atoms with E-state index in [0.29, 0.717) is 24.8 Å². The molecular weight excluding hydrogens is 292 g/mol. The summed E-state index contributed by atoms with van der Waals surface area (Å²) in [6.07, 6.45) is 4.03. The summed E-state index contributed by atoms with van der Waals surface area (Å²) in [5.74, 6) is 1.60. The molecule has 0 saturated carbocycles. The fourth-order valence-electron chi connectivity index (χ4n) is 2.85. The number of hydrogen-bond acceptors (Lipinski definition) is 5. The summed E-state index contributed by atoms with van der Waals surface area (Å²) in [6.45, 7) is 11.1. The van der Waals surface area contributed by atoms with Crippen molar-refractivity contribution in [1.29, 1.82) is 0 Å². The first kappa shape index (κ1) is 17.9. The highest BCUT2D eigenvalue weighted by Crippen LogP contribution is 2.19. The molecule has 6 nitrogen and oxygen atoms in total. The van der Waals surface area contributed by atoms with Crippen LogP contribution < -0.4 is 5.32 Å². The van der Waals surface area contributed by atoms with Crippen molar-refractivity contribution in [2.75, 3.05) is 19.6 Å². The van der Waals surface area contributed by atoms with Crippen molar-refractivity contribution in [2.24, 2.45) is 0 Å². The zero-order valence-electron chi connectivity index (χ0n) is 14.9. The van der Waals surface area contributed by atoms with Gasteiger partial charge in [-0.25, -0.2) is 0 Å². The van der Waals surface area contributed by atoms with Gasteiger partial charge < -0.3 is 14.7 Å². The molecule has 6 heteroatoms. The zero-order chi connectivity index (χ0) is 16.9. The molecular formula is C17H30N4O2. The molecule has 1 atom stereocenters. The minimum Gasteiger partial charge on any atom is -0.339 e. The third-order valence-corrected chi connectivity index (χ3v) is 4.18. The van der Waals surface area contributed by atoms with Crippen LogP contribution in [0.15, 0.2) is 4.52 Å². The largest absolute Gasteiger partial charge is 0.339 e. The third-order valence-electron chi connectivity index (χ3n) is 4.18. The maximum Gasteiger partial charge on any atom is 0.226 e. The van der Waals surface area contributed by atoms with Crippen LogP contribution >= 0.6 is 0 Å². The summed E-state index contributed by atoms with van der Waals surface area (Å²) in [7, 11) is 0. The number of carbonyl (C=O) groups is 1. The topological polar surface area (TPSA) is 71.3 Å². The molecule has 1 fully saturated rings. The number of hydrogen-bond donors (Lipinski definition) is 1. The molecule has 0 aromatic carbocycles.